The number of piperidine rings is 1. The van der Waals surface area contributed by atoms with Gasteiger partial charge in [-0.15, -0.1) is 0 Å². The SMILES string of the molecule is C[C@H]1CCN(CCCn2cccc2)C(c2cccc(O)c2)[C@@H]1C. The van der Waals surface area contributed by atoms with Crippen LogP contribution in [0.3, 0.4) is 0 Å². The Kier molecular flexibility index (Phi) is 5.06. The zero-order valence-corrected chi connectivity index (χ0v) is 14.2. The quantitative estimate of drug-likeness (QED) is 0.891. The first kappa shape index (κ1) is 16.1. The third kappa shape index (κ3) is 3.78. The highest BCUT2D eigenvalue weighted by atomic mass is 16.3. The Morgan fingerprint density at radius 3 is 2.61 bits per heavy atom. The van der Waals surface area contributed by atoms with Gasteiger partial charge in [0.05, 0.1) is 0 Å². The van der Waals surface area contributed by atoms with Crippen LogP contribution in [0.4, 0.5) is 0 Å². The van der Waals surface area contributed by atoms with Gasteiger partial charge in [0.2, 0.25) is 0 Å². The summed E-state index contributed by atoms with van der Waals surface area (Å²) in [6.07, 6.45) is 6.69. The van der Waals surface area contributed by atoms with E-state index in [-0.39, 0.29) is 0 Å². The molecule has 3 heteroatoms. The summed E-state index contributed by atoms with van der Waals surface area (Å²) in [4.78, 5) is 2.61. The fourth-order valence-corrected chi connectivity index (χ4v) is 3.86. The number of aromatic hydroxyl groups is 1. The molecule has 1 aliphatic rings. The second-order valence-electron chi connectivity index (χ2n) is 6.98. The van der Waals surface area contributed by atoms with Crippen LogP contribution in [0.5, 0.6) is 5.75 Å². The molecule has 1 aromatic heterocycles. The molecule has 0 radical (unpaired) electrons. The molecule has 3 nitrogen and oxygen atoms in total. The van der Waals surface area contributed by atoms with Gasteiger partial charge in [0.25, 0.3) is 0 Å². The van der Waals surface area contributed by atoms with E-state index in [0.29, 0.717) is 17.7 Å². The summed E-state index contributed by atoms with van der Waals surface area (Å²) < 4.78 is 2.25. The molecular formula is C20H28N2O. The fraction of sp³-hybridized carbons (Fsp3) is 0.500. The van der Waals surface area contributed by atoms with E-state index in [4.69, 9.17) is 0 Å². The van der Waals surface area contributed by atoms with Crippen LogP contribution in [0, 0.1) is 11.8 Å². The average Bonchev–Trinajstić information content (AvgIpc) is 3.04. The summed E-state index contributed by atoms with van der Waals surface area (Å²) >= 11 is 0. The lowest BCUT2D eigenvalue weighted by Gasteiger charge is -2.44. The van der Waals surface area contributed by atoms with Crippen molar-refractivity contribution in [2.75, 3.05) is 13.1 Å². The number of nitrogens with zero attached hydrogens (tertiary/aromatic N) is 2. The fourth-order valence-electron chi connectivity index (χ4n) is 3.86. The molecule has 0 spiro atoms. The predicted molar refractivity (Wildman–Crippen MR) is 94.4 cm³/mol. The Morgan fingerprint density at radius 2 is 1.87 bits per heavy atom. The smallest absolute Gasteiger partial charge is 0.115 e. The van der Waals surface area contributed by atoms with Gasteiger partial charge in [0.15, 0.2) is 0 Å². The van der Waals surface area contributed by atoms with E-state index < -0.39 is 0 Å². The van der Waals surface area contributed by atoms with Gasteiger partial charge in [-0.25, -0.2) is 0 Å². The Hall–Kier alpha value is -1.74. The largest absolute Gasteiger partial charge is 0.508 e. The normalized spacial score (nSPS) is 25.6. The van der Waals surface area contributed by atoms with Crippen LogP contribution in [-0.2, 0) is 6.54 Å². The molecule has 1 aliphatic heterocycles. The molecule has 1 saturated heterocycles. The maximum Gasteiger partial charge on any atom is 0.115 e. The number of phenols is 1. The third-order valence-electron chi connectivity index (χ3n) is 5.40. The average molecular weight is 312 g/mol. The first-order chi connectivity index (χ1) is 11.1. The van der Waals surface area contributed by atoms with E-state index in [0.717, 1.165) is 32.0 Å². The lowest BCUT2D eigenvalue weighted by atomic mass is 9.79. The maximum atomic E-state index is 9.86. The van der Waals surface area contributed by atoms with Crippen LogP contribution in [0.25, 0.3) is 0 Å². The van der Waals surface area contributed by atoms with E-state index in [9.17, 15) is 5.11 Å². The molecule has 1 N–H and O–H groups in total. The number of benzene rings is 1. The van der Waals surface area contributed by atoms with E-state index >= 15 is 0 Å². The number of aryl methyl sites for hydroxylation is 1. The highest BCUT2D eigenvalue weighted by Gasteiger charge is 2.33. The maximum absolute atomic E-state index is 9.86. The van der Waals surface area contributed by atoms with E-state index in [1.165, 1.54) is 12.0 Å². The van der Waals surface area contributed by atoms with Crippen molar-refractivity contribution in [2.45, 2.75) is 39.3 Å². The summed E-state index contributed by atoms with van der Waals surface area (Å²) in [5.41, 5.74) is 1.25. The Morgan fingerprint density at radius 1 is 1.09 bits per heavy atom. The molecule has 1 unspecified atom stereocenters. The minimum atomic E-state index is 0.375. The molecule has 0 aliphatic carbocycles. The first-order valence-corrected chi connectivity index (χ1v) is 8.79. The Balaban J connectivity index is 1.71. The first-order valence-electron chi connectivity index (χ1n) is 8.79. The number of phenolic OH excluding ortho intramolecular Hbond substituents is 1. The van der Waals surface area contributed by atoms with Crippen molar-refractivity contribution in [3.63, 3.8) is 0 Å². The van der Waals surface area contributed by atoms with Crippen molar-refractivity contribution in [3.05, 3.63) is 54.4 Å². The molecule has 2 aromatic rings. The van der Waals surface area contributed by atoms with E-state index in [1.54, 1.807) is 6.07 Å². The molecule has 124 valence electrons. The lowest BCUT2D eigenvalue weighted by molar-refractivity contribution is 0.0613. The molecule has 3 rings (SSSR count). The van der Waals surface area contributed by atoms with Crippen LogP contribution in [-0.4, -0.2) is 27.7 Å². The molecular weight excluding hydrogens is 284 g/mol. The van der Waals surface area contributed by atoms with Crippen LogP contribution in [0.1, 0.15) is 38.3 Å². The highest BCUT2D eigenvalue weighted by Crippen LogP contribution is 2.39. The molecule has 3 atom stereocenters. The topological polar surface area (TPSA) is 28.4 Å². The monoisotopic (exact) mass is 312 g/mol. The molecule has 2 heterocycles. The number of hydrogen-bond donors (Lipinski definition) is 1. The number of hydrogen-bond acceptors (Lipinski definition) is 2. The van der Waals surface area contributed by atoms with Crippen molar-refractivity contribution < 1.29 is 5.11 Å². The molecule has 0 bridgehead atoms. The molecule has 23 heavy (non-hydrogen) atoms. The molecule has 1 fully saturated rings. The number of aromatic nitrogens is 1. The zero-order valence-electron chi connectivity index (χ0n) is 14.2. The van der Waals surface area contributed by atoms with Gasteiger partial charge >= 0.3 is 0 Å². The predicted octanol–water partition coefficient (Wildman–Crippen LogP) is 4.30. The van der Waals surface area contributed by atoms with Gasteiger partial charge in [-0.2, -0.15) is 0 Å². The summed E-state index contributed by atoms with van der Waals surface area (Å²) in [7, 11) is 0. The summed E-state index contributed by atoms with van der Waals surface area (Å²) in [5, 5.41) is 9.86. The van der Waals surface area contributed by atoms with Crippen molar-refractivity contribution in [2.24, 2.45) is 11.8 Å². The van der Waals surface area contributed by atoms with Gasteiger partial charge in [-0.3, -0.25) is 4.90 Å². The van der Waals surface area contributed by atoms with Crippen molar-refractivity contribution in [1.29, 1.82) is 0 Å². The zero-order chi connectivity index (χ0) is 16.2. The number of likely N-dealkylation sites (tertiary alicyclic amines) is 1. The standard InChI is InChI=1S/C20H28N2O/c1-16-9-14-22(13-6-12-21-10-3-4-11-21)20(17(16)2)18-7-5-8-19(23)15-18/h3-5,7-8,10-11,15-17,20,23H,6,9,12-14H2,1-2H3/t16-,17+,20?/m0/s1. The Bertz CT molecular complexity index is 608. The summed E-state index contributed by atoms with van der Waals surface area (Å²) in [5.74, 6) is 1.71. The third-order valence-corrected chi connectivity index (χ3v) is 5.40. The van der Waals surface area contributed by atoms with E-state index in [2.05, 4.69) is 53.9 Å². The Labute approximate surface area is 139 Å². The van der Waals surface area contributed by atoms with Crippen LogP contribution >= 0.6 is 0 Å². The van der Waals surface area contributed by atoms with Gasteiger partial charge in [-0.05, 0) is 61.1 Å². The van der Waals surface area contributed by atoms with Crippen molar-refractivity contribution >= 4 is 0 Å². The molecule has 1 aromatic carbocycles. The summed E-state index contributed by atoms with van der Waals surface area (Å²) in [6, 6.07) is 12.4. The molecule has 0 saturated carbocycles. The summed E-state index contributed by atoms with van der Waals surface area (Å²) in [6.45, 7) is 8.04. The second-order valence-corrected chi connectivity index (χ2v) is 6.98. The highest BCUT2D eigenvalue weighted by molar-refractivity contribution is 5.30. The van der Waals surface area contributed by atoms with Crippen LogP contribution in [0.2, 0.25) is 0 Å². The van der Waals surface area contributed by atoms with Gasteiger partial charge in [-0.1, -0.05) is 26.0 Å². The lowest BCUT2D eigenvalue weighted by Crippen LogP contribution is -2.42. The second kappa shape index (κ2) is 7.22. The molecule has 0 amide bonds. The van der Waals surface area contributed by atoms with Crippen LogP contribution < -0.4 is 0 Å². The van der Waals surface area contributed by atoms with Crippen LogP contribution in [0.15, 0.2) is 48.8 Å². The van der Waals surface area contributed by atoms with Gasteiger partial charge in [0, 0.05) is 31.5 Å². The minimum absolute atomic E-state index is 0.375. The van der Waals surface area contributed by atoms with E-state index in [1.807, 2.05) is 12.1 Å². The van der Waals surface area contributed by atoms with Crippen molar-refractivity contribution in [3.8, 4) is 5.75 Å². The van der Waals surface area contributed by atoms with Gasteiger partial charge in [0.1, 0.15) is 5.75 Å². The number of rotatable bonds is 5. The van der Waals surface area contributed by atoms with Crippen molar-refractivity contribution in [1.82, 2.24) is 9.47 Å². The minimum Gasteiger partial charge on any atom is -0.508 e. The van der Waals surface area contributed by atoms with Gasteiger partial charge < -0.3 is 9.67 Å².